The summed E-state index contributed by atoms with van der Waals surface area (Å²) in [5, 5.41) is 13.3. The number of benzene rings is 2. The van der Waals surface area contributed by atoms with Crippen molar-refractivity contribution in [2.75, 3.05) is 12.4 Å². The molecule has 1 amide bonds. The van der Waals surface area contributed by atoms with Crippen molar-refractivity contribution in [1.29, 1.82) is 0 Å². The van der Waals surface area contributed by atoms with Gasteiger partial charge in [0.2, 0.25) is 5.91 Å². The van der Waals surface area contributed by atoms with E-state index in [1.165, 1.54) is 37.4 Å². The highest BCUT2D eigenvalue weighted by Gasteiger charge is 2.09. The van der Waals surface area contributed by atoms with Crippen LogP contribution in [0.25, 0.3) is 0 Å². The Labute approximate surface area is 132 Å². The van der Waals surface area contributed by atoms with E-state index < -0.39 is 10.7 Å². The fourth-order valence-corrected chi connectivity index (χ4v) is 2.04. The van der Waals surface area contributed by atoms with Crippen molar-refractivity contribution in [3.8, 4) is 5.75 Å². The SMILES string of the molecule is COc1ccc(CCC(=O)Nc2cccc([N+](=O)[O-])c2)cc1F. The number of hydrogen-bond donors (Lipinski definition) is 1. The van der Waals surface area contributed by atoms with Gasteiger partial charge in [-0.1, -0.05) is 12.1 Å². The van der Waals surface area contributed by atoms with Crippen molar-refractivity contribution >= 4 is 17.3 Å². The van der Waals surface area contributed by atoms with Crippen LogP contribution in [0.4, 0.5) is 15.8 Å². The Morgan fingerprint density at radius 3 is 2.74 bits per heavy atom. The number of amides is 1. The number of ether oxygens (including phenoxy) is 1. The van der Waals surface area contributed by atoms with Crippen molar-refractivity contribution in [2.45, 2.75) is 12.8 Å². The molecule has 0 saturated carbocycles. The largest absolute Gasteiger partial charge is 0.494 e. The second kappa shape index (κ2) is 7.35. The Kier molecular flexibility index (Phi) is 5.24. The summed E-state index contributed by atoms with van der Waals surface area (Å²) in [7, 11) is 1.38. The number of carbonyl (C=O) groups is 1. The Morgan fingerprint density at radius 2 is 2.09 bits per heavy atom. The molecule has 2 aromatic carbocycles. The van der Waals surface area contributed by atoms with Crippen LogP contribution in [0.2, 0.25) is 0 Å². The van der Waals surface area contributed by atoms with Crippen LogP contribution in [-0.2, 0) is 11.2 Å². The number of hydrogen-bond acceptors (Lipinski definition) is 4. The summed E-state index contributed by atoms with van der Waals surface area (Å²) in [6, 6.07) is 10.2. The van der Waals surface area contributed by atoms with Gasteiger partial charge >= 0.3 is 0 Å². The van der Waals surface area contributed by atoms with E-state index in [9.17, 15) is 19.3 Å². The lowest BCUT2D eigenvalue weighted by molar-refractivity contribution is -0.384. The fraction of sp³-hybridized carbons (Fsp3) is 0.188. The molecule has 7 heteroatoms. The molecular formula is C16H15FN2O4. The van der Waals surface area contributed by atoms with Gasteiger partial charge < -0.3 is 10.1 Å². The Morgan fingerprint density at radius 1 is 1.30 bits per heavy atom. The molecule has 0 spiro atoms. The number of methoxy groups -OCH3 is 1. The fourth-order valence-electron chi connectivity index (χ4n) is 2.04. The third-order valence-corrected chi connectivity index (χ3v) is 3.20. The van der Waals surface area contributed by atoms with Gasteiger partial charge in [-0.3, -0.25) is 14.9 Å². The molecule has 0 aliphatic rings. The van der Waals surface area contributed by atoms with Crippen LogP contribution in [0, 0.1) is 15.9 Å². The number of nitrogens with zero attached hydrogens (tertiary/aromatic N) is 1. The monoisotopic (exact) mass is 318 g/mol. The molecule has 1 N–H and O–H groups in total. The summed E-state index contributed by atoms with van der Waals surface area (Å²) >= 11 is 0. The zero-order chi connectivity index (χ0) is 16.8. The molecule has 0 fully saturated rings. The lowest BCUT2D eigenvalue weighted by atomic mass is 10.1. The maximum atomic E-state index is 13.6. The van der Waals surface area contributed by atoms with Gasteiger partial charge in [-0.15, -0.1) is 0 Å². The molecule has 120 valence electrons. The highest BCUT2D eigenvalue weighted by Crippen LogP contribution is 2.19. The second-order valence-corrected chi connectivity index (χ2v) is 4.82. The van der Waals surface area contributed by atoms with E-state index in [1.807, 2.05) is 0 Å². The van der Waals surface area contributed by atoms with Crippen molar-refractivity contribution < 1.29 is 18.8 Å². The smallest absolute Gasteiger partial charge is 0.271 e. The van der Waals surface area contributed by atoms with Crippen LogP contribution < -0.4 is 10.1 Å². The van der Waals surface area contributed by atoms with E-state index in [1.54, 1.807) is 12.1 Å². The summed E-state index contributed by atoms with van der Waals surface area (Å²) in [4.78, 5) is 22.0. The predicted molar refractivity (Wildman–Crippen MR) is 83.0 cm³/mol. The minimum atomic E-state index is -0.532. The first-order chi connectivity index (χ1) is 11.0. The molecule has 0 aliphatic carbocycles. The highest BCUT2D eigenvalue weighted by molar-refractivity contribution is 5.91. The van der Waals surface area contributed by atoms with Crippen LogP contribution in [0.3, 0.4) is 0 Å². The first-order valence-electron chi connectivity index (χ1n) is 6.86. The van der Waals surface area contributed by atoms with E-state index in [-0.39, 0.29) is 23.8 Å². The molecular weight excluding hydrogens is 303 g/mol. The molecule has 6 nitrogen and oxygen atoms in total. The molecule has 2 aromatic rings. The minimum absolute atomic E-state index is 0.0972. The normalized spacial score (nSPS) is 10.2. The lowest BCUT2D eigenvalue weighted by Gasteiger charge is -2.07. The maximum Gasteiger partial charge on any atom is 0.271 e. The third kappa shape index (κ3) is 4.50. The minimum Gasteiger partial charge on any atom is -0.494 e. The van der Waals surface area contributed by atoms with E-state index in [2.05, 4.69) is 5.32 Å². The highest BCUT2D eigenvalue weighted by atomic mass is 19.1. The number of rotatable bonds is 6. The molecule has 2 rings (SSSR count). The standard InChI is InChI=1S/C16H15FN2O4/c1-23-15-7-5-11(9-14(15)17)6-8-16(20)18-12-3-2-4-13(10-12)19(21)22/h2-5,7,9-10H,6,8H2,1H3,(H,18,20). The summed E-state index contributed by atoms with van der Waals surface area (Å²) in [6.07, 6.45) is 0.482. The number of anilines is 1. The Balaban J connectivity index is 1.94. The van der Waals surface area contributed by atoms with E-state index in [0.717, 1.165) is 0 Å². The van der Waals surface area contributed by atoms with Gasteiger partial charge in [-0.2, -0.15) is 0 Å². The zero-order valence-electron chi connectivity index (χ0n) is 12.4. The summed E-state index contributed by atoms with van der Waals surface area (Å²) in [6.45, 7) is 0. The summed E-state index contributed by atoms with van der Waals surface area (Å²) in [5.41, 5.74) is 0.919. The molecule has 0 atom stereocenters. The van der Waals surface area contributed by atoms with Gasteiger partial charge in [0.05, 0.1) is 12.0 Å². The van der Waals surface area contributed by atoms with Crippen LogP contribution in [0.5, 0.6) is 5.75 Å². The van der Waals surface area contributed by atoms with Gasteiger partial charge in [0.1, 0.15) is 0 Å². The number of nitro groups is 1. The molecule has 0 unspecified atom stereocenters. The number of nitro benzene ring substituents is 1. The quantitative estimate of drug-likeness (QED) is 0.654. The summed E-state index contributed by atoms with van der Waals surface area (Å²) in [5.74, 6) is -0.638. The number of halogens is 1. The van der Waals surface area contributed by atoms with E-state index in [4.69, 9.17) is 4.74 Å². The van der Waals surface area contributed by atoms with Gasteiger partial charge in [-0.05, 0) is 30.2 Å². The number of aryl methyl sites for hydroxylation is 1. The van der Waals surface area contributed by atoms with Crippen LogP contribution in [0.1, 0.15) is 12.0 Å². The Hall–Kier alpha value is -2.96. The van der Waals surface area contributed by atoms with Crippen molar-refractivity contribution in [3.05, 3.63) is 64.0 Å². The molecule has 0 heterocycles. The molecule has 0 aromatic heterocycles. The van der Waals surface area contributed by atoms with E-state index in [0.29, 0.717) is 17.7 Å². The Bertz CT molecular complexity index is 734. The first kappa shape index (κ1) is 16.4. The lowest BCUT2D eigenvalue weighted by Crippen LogP contribution is -2.12. The van der Waals surface area contributed by atoms with Gasteiger partial charge in [0.15, 0.2) is 11.6 Å². The summed E-state index contributed by atoms with van der Waals surface area (Å²) < 4.78 is 18.4. The van der Waals surface area contributed by atoms with Crippen LogP contribution in [-0.4, -0.2) is 17.9 Å². The van der Waals surface area contributed by atoms with Crippen LogP contribution >= 0.6 is 0 Å². The molecule has 23 heavy (non-hydrogen) atoms. The number of nitrogens with one attached hydrogen (secondary N) is 1. The van der Waals surface area contributed by atoms with Crippen molar-refractivity contribution in [2.24, 2.45) is 0 Å². The average Bonchev–Trinajstić information content (AvgIpc) is 2.53. The molecule has 0 bridgehead atoms. The second-order valence-electron chi connectivity index (χ2n) is 4.82. The zero-order valence-corrected chi connectivity index (χ0v) is 12.4. The van der Waals surface area contributed by atoms with Gasteiger partial charge in [0, 0.05) is 24.2 Å². The van der Waals surface area contributed by atoms with Crippen molar-refractivity contribution in [1.82, 2.24) is 0 Å². The number of carbonyl (C=O) groups excluding carboxylic acids is 1. The molecule has 0 aliphatic heterocycles. The predicted octanol–water partition coefficient (Wildman–Crippen LogP) is 3.31. The topological polar surface area (TPSA) is 81.5 Å². The van der Waals surface area contributed by atoms with Gasteiger partial charge in [0.25, 0.3) is 5.69 Å². The number of non-ortho nitro benzene ring substituents is 1. The molecule has 0 radical (unpaired) electrons. The molecule has 0 saturated heterocycles. The van der Waals surface area contributed by atoms with Crippen LogP contribution in [0.15, 0.2) is 42.5 Å². The maximum absolute atomic E-state index is 13.6. The first-order valence-corrected chi connectivity index (χ1v) is 6.86. The third-order valence-electron chi connectivity index (χ3n) is 3.20. The van der Waals surface area contributed by atoms with E-state index >= 15 is 0 Å². The van der Waals surface area contributed by atoms with Crippen molar-refractivity contribution in [3.63, 3.8) is 0 Å². The van der Waals surface area contributed by atoms with Gasteiger partial charge in [-0.25, -0.2) is 4.39 Å². The average molecular weight is 318 g/mol.